The third kappa shape index (κ3) is 3.87. The summed E-state index contributed by atoms with van der Waals surface area (Å²) >= 11 is 0. The van der Waals surface area contributed by atoms with Crippen molar-refractivity contribution in [3.8, 4) is 11.3 Å². The molecule has 4 aromatic rings. The second-order valence-corrected chi connectivity index (χ2v) is 7.44. The fraction of sp³-hybridized carbons (Fsp3) is 0.217. The van der Waals surface area contributed by atoms with E-state index in [1.54, 1.807) is 0 Å². The summed E-state index contributed by atoms with van der Waals surface area (Å²) in [7, 11) is 0. The summed E-state index contributed by atoms with van der Waals surface area (Å²) in [6.45, 7) is 6.15. The molecule has 0 aliphatic carbocycles. The van der Waals surface area contributed by atoms with Gasteiger partial charge in [0, 0.05) is 24.2 Å². The SMILES string of the molecule is Cc1ccc(-c2noc3ncn(CCC(=O)Nc4ccc(C)cc4C)c(=O)c23)cc1. The van der Waals surface area contributed by atoms with E-state index in [1.807, 2.05) is 63.2 Å². The molecule has 7 heteroatoms. The number of aromatic nitrogens is 3. The molecule has 4 rings (SSSR count). The summed E-state index contributed by atoms with van der Waals surface area (Å²) in [6, 6.07) is 13.5. The van der Waals surface area contributed by atoms with Gasteiger partial charge in [0.15, 0.2) is 0 Å². The first-order valence-electron chi connectivity index (χ1n) is 9.71. The molecule has 0 saturated carbocycles. The number of carbonyl (C=O) groups excluding carboxylic acids is 1. The van der Waals surface area contributed by atoms with Crippen LogP contribution in [-0.4, -0.2) is 20.6 Å². The van der Waals surface area contributed by atoms with Gasteiger partial charge in [0.1, 0.15) is 17.4 Å². The number of amides is 1. The van der Waals surface area contributed by atoms with Crippen LogP contribution in [0.3, 0.4) is 0 Å². The second-order valence-electron chi connectivity index (χ2n) is 7.44. The van der Waals surface area contributed by atoms with Crippen LogP contribution >= 0.6 is 0 Å². The number of benzene rings is 2. The Morgan fingerprint density at radius 3 is 2.53 bits per heavy atom. The maximum atomic E-state index is 13.0. The van der Waals surface area contributed by atoms with E-state index in [0.717, 1.165) is 27.9 Å². The Balaban J connectivity index is 1.55. The topological polar surface area (TPSA) is 90.0 Å². The van der Waals surface area contributed by atoms with Crippen LogP contribution in [0.25, 0.3) is 22.4 Å². The molecule has 30 heavy (non-hydrogen) atoms. The molecule has 0 fully saturated rings. The standard InChI is InChI=1S/C23H22N4O3/c1-14-4-7-17(8-5-14)21-20-22(30-26-21)24-13-27(23(20)29)11-10-19(28)25-18-9-6-15(2)12-16(18)3/h4-9,12-13H,10-11H2,1-3H3,(H,25,28). The van der Waals surface area contributed by atoms with Gasteiger partial charge in [-0.05, 0) is 32.4 Å². The number of hydrogen-bond donors (Lipinski definition) is 1. The number of rotatable bonds is 5. The average molecular weight is 402 g/mol. The molecular weight excluding hydrogens is 380 g/mol. The molecule has 0 unspecified atom stereocenters. The minimum atomic E-state index is -0.281. The predicted octanol–water partition coefficient (Wildman–Crippen LogP) is 4.01. The van der Waals surface area contributed by atoms with Gasteiger partial charge in [-0.3, -0.25) is 14.2 Å². The number of nitrogens with one attached hydrogen (secondary N) is 1. The Bertz CT molecular complexity index is 1290. The highest BCUT2D eigenvalue weighted by Gasteiger charge is 2.17. The van der Waals surface area contributed by atoms with Crippen molar-refractivity contribution in [1.82, 2.24) is 14.7 Å². The molecule has 0 saturated heterocycles. The van der Waals surface area contributed by atoms with Crippen molar-refractivity contribution in [2.75, 3.05) is 5.32 Å². The Morgan fingerprint density at radius 1 is 1.07 bits per heavy atom. The Morgan fingerprint density at radius 2 is 1.80 bits per heavy atom. The first kappa shape index (κ1) is 19.6. The molecule has 0 atom stereocenters. The van der Waals surface area contributed by atoms with Gasteiger partial charge >= 0.3 is 0 Å². The Kier molecular flexibility index (Phi) is 5.18. The van der Waals surface area contributed by atoms with E-state index in [0.29, 0.717) is 11.1 Å². The van der Waals surface area contributed by atoms with Crippen LogP contribution < -0.4 is 10.9 Å². The maximum Gasteiger partial charge on any atom is 0.266 e. The van der Waals surface area contributed by atoms with Gasteiger partial charge in [-0.1, -0.05) is 52.7 Å². The summed E-state index contributed by atoms with van der Waals surface area (Å²) in [5.41, 5.74) is 5.15. The predicted molar refractivity (Wildman–Crippen MR) is 115 cm³/mol. The van der Waals surface area contributed by atoms with Crippen molar-refractivity contribution >= 4 is 22.7 Å². The molecule has 152 valence electrons. The van der Waals surface area contributed by atoms with E-state index < -0.39 is 0 Å². The highest BCUT2D eigenvalue weighted by atomic mass is 16.5. The van der Waals surface area contributed by atoms with Gasteiger partial charge in [0.2, 0.25) is 5.91 Å². The highest BCUT2D eigenvalue weighted by molar-refractivity contribution is 5.91. The zero-order chi connectivity index (χ0) is 21.3. The van der Waals surface area contributed by atoms with Crippen molar-refractivity contribution in [3.05, 3.63) is 75.8 Å². The van der Waals surface area contributed by atoms with Crippen molar-refractivity contribution < 1.29 is 9.32 Å². The molecule has 0 aliphatic rings. The molecule has 2 heterocycles. The first-order valence-corrected chi connectivity index (χ1v) is 9.71. The molecule has 0 aliphatic heterocycles. The van der Waals surface area contributed by atoms with Crippen LogP contribution in [0.15, 0.2) is 58.1 Å². The van der Waals surface area contributed by atoms with Gasteiger partial charge in [-0.2, -0.15) is 0 Å². The number of anilines is 1. The minimum absolute atomic E-state index is 0.144. The zero-order valence-electron chi connectivity index (χ0n) is 17.1. The Labute approximate surface area is 173 Å². The van der Waals surface area contributed by atoms with Crippen molar-refractivity contribution in [2.45, 2.75) is 33.7 Å². The van der Waals surface area contributed by atoms with Gasteiger partial charge in [0.05, 0.1) is 0 Å². The lowest BCUT2D eigenvalue weighted by Crippen LogP contribution is -2.23. The third-order valence-electron chi connectivity index (χ3n) is 5.02. The van der Waals surface area contributed by atoms with Crippen LogP contribution in [0.2, 0.25) is 0 Å². The smallest absolute Gasteiger partial charge is 0.266 e. The number of carbonyl (C=O) groups is 1. The van der Waals surface area contributed by atoms with Gasteiger partial charge in [-0.25, -0.2) is 4.98 Å². The second kappa shape index (κ2) is 7.94. The summed E-state index contributed by atoms with van der Waals surface area (Å²) in [5, 5.41) is 7.25. The van der Waals surface area contributed by atoms with Gasteiger partial charge < -0.3 is 9.84 Å². The molecule has 2 aromatic heterocycles. The average Bonchev–Trinajstić information content (AvgIpc) is 3.15. The number of nitrogens with zero attached hydrogens (tertiary/aromatic N) is 3. The van der Waals surface area contributed by atoms with Gasteiger partial charge in [0.25, 0.3) is 11.3 Å². The zero-order valence-corrected chi connectivity index (χ0v) is 17.1. The quantitative estimate of drug-likeness (QED) is 0.545. The monoisotopic (exact) mass is 402 g/mol. The van der Waals surface area contributed by atoms with Crippen LogP contribution in [0.5, 0.6) is 0 Å². The van der Waals surface area contributed by atoms with Crippen LogP contribution in [0, 0.1) is 20.8 Å². The Hall–Kier alpha value is -3.74. The van der Waals surface area contributed by atoms with Crippen LogP contribution in [0.1, 0.15) is 23.1 Å². The van der Waals surface area contributed by atoms with E-state index in [2.05, 4.69) is 15.5 Å². The minimum Gasteiger partial charge on any atom is -0.335 e. The number of fused-ring (bicyclic) bond motifs is 1. The molecule has 0 spiro atoms. The highest BCUT2D eigenvalue weighted by Crippen LogP contribution is 2.24. The molecule has 0 radical (unpaired) electrons. The summed E-state index contributed by atoms with van der Waals surface area (Å²) < 4.78 is 6.66. The lowest BCUT2D eigenvalue weighted by atomic mass is 10.1. The van der Waals surface area contributed by atoms with Crippen molar-refractivity contribution in [1.29, 1.82) is 0 Å². The van der Waals surface area contributed by atoms with E-state index in [9.17, 15) is 9.59 Å². The van der Waals surface area contributed by atoms with E-state index >= 15 is 0 Å². The lowest BCUT2D eigenvalue weighted by Gasteiger charge is -2.10. The fourth-order valence-electron chi connectivity index (χ4n) is 3.34. The third-order valence-corrected chi connectivity index (χ3v) is 5.02. The summed E-state index contributed by atoms with van der Waals surface area (Å²) in [5.74, 6) is -0.168. The normalized spacial score (nSPS) is 11.0. The first-order chi connectivity index (χ1) is 14.4. The largest absolute Gasteiger partial charge is 0.335 e. The summed E-state index contributed by atoms with van der Waals surface area (Å²) in [4.78, 5) is 29.6. The van der Waals surface area contributed by atoms with Crippen molar-refractivity contribution in [3.63, 3.8) is 0 Å². The molecule has 1 amide bonds. The molecule has 7 nitrogen and oxygen atoms in total. The van der Waals surface area contributed by atoms with Crippen LogP contribution in [-0.2, 0) is 11.3 Å². The molecule has 1 N–H and O–H groups in total. The maximum absolute atomic E-state index is 13.0. The van der Waals surface area contributed by atoms with E-state index in [4.69, 9.17) is 4.52 Å². The molecular formula is C23H22N4O3. The molecule has 0 bridgehead atoms. The van der Waals surface area contributed by atoms with Crippen LogP contribution in [0.4, 0.5) is 5.69 Å². The number of hydrogen-bond acceptors (Lipinski definition) is 5. The van der Waals surface area contributed by atoms with E-state index in [-0.39, 0.29) is 30.1 Å². The van der Waals surface area contributed by atoms with E-state index in [1.165, 1.54) is 10.9 Å². The molecule has 2 aromatic carbocycles. The van der Waals surface area contributed by atoms with Gasteiger partial charge in [-0.15, -0.1) is 0 Å². The fourth-order valence-corrected chi connectivity index (χ4v) is 3.34. The van der Waals surface area contributed by atoms with Crippen molar-refractivity contribution in [2.24, 2.45) is 0 Å². The lowest BCUT2D eigenvalue weighted by molar-refractivity contribution is -0.116. The summed E-state index contributed by atoms with van der Waals surface area (Å²) in [6.07, 6.45) is 1.53. The number of aryl methyl sites for hydroxylation is 4.